The zero-order valence-electron chi connectivity index (χ0n) is 10.5. The van der Waals surface area contributed by atoms with Crippen molar-refractivity contribution in [3.8, 4) is 0 Å². The summed E-state index contributed by atoms with van der Waals surface area (Å²) in [6, 6.07) is 0. The molecule has 0 bridgehead atoms. The van der Waals surface area contributed by atoms with Gasteiger partial charge in [-0.05, 0) is 62.4 Å². The Hall–Kier alpha value is -0.570. The predicted octanol–water partition coefficient (Wildman–Crippen LogP) is 2.27. The molecule has 0 unspecified atom stereocenters. The zero-order valence-corrected chi connectivity index (χ0v) is 10.5. The van der Waals surface area contributed by atoms with E-state index in [-0.39, 0.29) is 5.92 Å². The SMILES string of the molecule is O=C(O)[C@@H]1CC2(CCNCC2)[C@@H]2CCCC[C@H]21. The molecule has 2 N–H and O–H groups in total. The van der Waals surface area contributed by atoms with Crippen molar-refractivity contribution in [1.29, 1.82) is 0 Å². The van der Waals surface area contributed by atoms with Gasteiger partial charge in [-0.25, -0.2) is 0 Å². The van der Waals surface area contributed by atoms with Crippen molar-refractivity contribution in [2.24, 2.45) is 23.2 Å². The van der Waals surface area contributed by atoms with Crippen LogP contribution < -0.4 is 5.32 Å². The second-order valence-electron chi connectivity index (χ2n) is 6.32. The van der Waals surface area contributed by atoms with Crippen LogP contribution in [0.3, 0.4) is 0 Å². The van der Waals surface area contributed by atoms with E-state index in [1.807, 2.05) is 0 Å². The summed E-state index contributed by atoms with van der Waals surface area (Å²) < 4.78 is 0. The first-order chi connectivity index (χ1) is 8.23. The smallest absolute Gasteiger partial charge is 0.306 e. The Bertz CT molecular complexity index is 309. The summed E-state index contributed by atoms with van der Waals surface area (Å²) >= 11 is 0. The lowest BCUT2D eigenvalue weighted by atomic mass is 9.65. The molecule has 2 aliphatic carbocycles. The molecular formula is C14H23NO2. The molecule has 3 aliphatic rings. The fourth-order valence-corrected chi connectivity index (χ4v) is 4.91. The molecule has 17 heavy (non-hydrogen) atoms. The van der Waals surface area contributed by atoms with Crippen molar-refractivity contribution >= 4 is 5.97 Å². The summed E-state index contributed by atoms with van der Waals surface area (Å²) in [6.07, 6.45) is 8.39. The van der Waals surface area contributed by atoms with Crippen LogP contribution in [0.25, 0.3) is 0 Å². The molecule has 1 saturated heterocycles. The summed E-state index contributed by atoms with van der Waals surface area (Å²) in [4.78, 5) is 11.5. The minimum Gasteiger partial charge on any atom is -0.481 e. The Labute approximate surface area is 103 Å². The fourth-order valence-electron chi connectivity index (χ4n) is 4.91. The van der Waals surface area contributed by atoms with Crippen molar-refractivity contribution in [3.63, 3.8) is 0 Å². The third kappa shape index (κ3) is 1.79. The van der Waals surface area contributed by atoms with Gasteiger partial charge in [0.2, 0.25) is 0 Å². The predicted molar refractivity (Wildman–Crippen MR) is 65.7 cm³/mol. The number of fused-ring (bicyclic) bond motifs is 2. The average Bonchev–Trinajstić information content (AvgIpc) is 2.66. The molecule has 0 aromatic carbocycles. The van der Waals surface area contributed by atoms with Gasteiger partial charge in [0.05, 0.1) is 5.92 Å². The Morgan fingerprint density at radius 1 is 1.18 bits per heavy atom. The number of aliphatic carboxylic acids is 1. The molecule has 3 atom stereocenters. The van der Waals surface area contributed by atoms with Gasteiger partial charge in [-0.2, -0.15) is 0 Å². The third-order valence-corrected chi connectivity index (χ3v) is 5.67. The van der Waals surface area contributed by atoms with Gasteiger partial charge < -0.3 is 10.4 Å². The molecule has 2 saturated carbocycles. The second kappa shape index (κ2) is 4.27. The standard InChI is InChI=1S/C14H23NO2/c16-13(17)11-9-14(5-7-15-8-6-14)12-4-2-1-3-10(11)12/h10-12,15H,1-9H2,(H,16,17)/t10-,11+,12+/m0/s1. The van der Waals surface area contributed by atoms with Gasteiger partial charge in [-0.15, -0.1) is 0 Å². The first-order valence-electron chi connectivity index (χ1n) is 7.16. The van der Waals surface area contributed by atoms with Crippen LogP contribution in [0.1, 0.15) is 44.9 Å². The molecule has 0 amide bonds. The van der Waals surface area contributed by atoms with Crippen LogP contribution in [0, 0.1) is 23.2 Å². The van der Waals surface area contributed by atoms with Crippen LogP contribution in [-0.2, 0) is 4.79 Å². The summed E-state index contributed by atoms with van der Waals surface area (Å²) in [5.74, 6) is 0.620. The molecule has 3 rings (SSSR count). The zero-order chi connectivity index (χ0) is 11.9. The van der Waals surface area contributed by atoms with E-state index >= 15 is 0 Å². The van der Waals surface area contributed by atoms with Crippen molar-refractivity contribution in [3.05, 3.63) is 0 Å². The summed E-state index contributed by atoms with van der Waals surface area (Å²) in [5, 5.41) is 12.9. The highest BCUT2D eigenvalue weighted by molar-refractivity contribution is 5.71. The lowest BCUT2D eigenvalue weighted by molar-refractivity contribution is -0.143. The van der Waals surface area contributed by atoms with E-state index in [2.05, 4.69) is 5.32 Å². The molecule has 3 heteroatoms. The van der Waals surface area contributed by atoms with Crippen LogP contribution in [0.5, 0.6) is 0 Å². The minimum atomic E-state index is -0.530. The van der Waals surface area contributed by atoms with E-state index < -0.39 is 5.97 Å². The van der Waals surface area contributed by atoms with Crippen molar-refractivity contribution < 1.29 is 9.90 Å². The quantitative estimate of drug-likeness (QED) is 0.735. The van der Waals surface area contributed by atoms with Gasteiger partial charge in [-0.3, -0.25) is 4.79 Å². The monoisotopic (exact) mass is 237 g/mol. The number of piperidine rings is 1. The topological polar surface area (TPSA) is 49.3 Å². The third-order valence-electron chi connectivity index (χ3n) is 5.67. The molecule has 3 fully saturated rings. The van der Waals surface area contributed by atoms with Crippen LogP contribution in [0.4, 0.5) is 0 Å². The maximum atomic E-state index is 11.5. The number of rotatable bonds is 1. The maximum absolute atomic E-state index is 11.5. The minimum absolute atomic E-state index is 0.0431. The van der Waals surface area contributed by atoms with Crippen LogP contribution in [0.2, 0.25) is 0 Å². The Balaban J connectivity index is 1.87. The van der Waals surface area contributed by atoms with E-state index in [0.717, 1.165) is 25.9 Å². The maximum Gasteiger partial charge on any atom is 0.306 e. The van der Waals surface area contributed by atoms with Gasteiger partial charge in [0.25, 0.3) is 0 Å². The first kappa shape index (κ1) is 11.5. The highest BCUT2D eigenvalue weighted by Gasteiger charge is 2.55. The van der Waals surface area contributed by atoms with E-state index in [4.69, 9.17) is 0 Å². The fraction of sp³-hybridized carbons (Fsp3) is 0.929. The molecule has 0 radical (unpaired) electrons. The number of hydrogen-bond donors (Lipinski definition) is 2. The summed E-state index contributed by atoms with van der Waals surface area (Å²) in [7, 11) is 0. The number of nitrogens with one attached hydrogen (secondary N) is 1. The van der Waals surface area contributed by atoms with Crippen molar-refractivity contribution in [2.45, 2.75) is 44.9 Å². The Morgan fingerprint density at radius 2 is 1.88 bits per heavy atom. The molecule has 0 aromatic heterocycles. The lowest BCUT2D eigenvalue weighted by Crippen LogP contribution is -2.40. The molecule has 3 nitrogen and oxygen atoms in total. The van der Waals surface area contributed by atoms with Gasteiger partial charge in [-0.1, -0.05) is 12.8 Å². The average molecular weight is 237 g/mol. The van der Waals surface area contributed by atoms with E-state index in [9.17, 15) is 9.90 Å². The number of hydrogen-bond acceptors (Lipinski definition) is 2. The summed E-state index contributed by atoms with van der Waals surface area (Å²) in [5.41, 5.74) is 0.374. The Kier molecular flexibility index (Phi) is 2.89. The first-order valence-corrected chi connectivity index (χ1v) is 7.16. The van der Waals surface area contributed by atoms with Crippen molar-refractivity contribution in [1.82, 2.24) is 5.32 Å². The van der Waals surface area contributed by atoms with Crippen LogP contribution in [-0.4, -0.2) is 24.2 Å². The second-order valence-corrected chi connectivity index (χ2v) is 6.32. The molecule has 1 spiro atoms. The number of carboxylic acids is 1. The molecule has 96 valence electrons. The normalized spacial score (nSPS) is 40.1. The Morgan fingerprint density at radius 3 is 2.59 bits per heavy atom. The van der Waals surface area contributed by atoms with E-state index in [1.54, 1.807) is 0 Å². The van der Waals surface area contributed by atoms with Crippen molar-refractivity contribution in [2.75, 3.05) is 13.1 Å². The number of carboxylic acid groups (broad SMARTS) is 1. The molecule has 0 aromatic rings. The van der Waals surface area contributed by atoms with Gasteiger partial charge >= 0.3 is 5.97 Å². The lowest BCUT2D eigenvalue weighted by Gasteiger charge is -2.42. The highest BCUT2D eigenvalue weighted by atomic mass is 16.4. The molecule has 1 heterocycles. The van der Waals surface area contributed by atoms with E-state index in [0.29, 0.717) is 17.3 Å². The molecule has 1 aliphatic heterocycles. The van der Waals surface area contributed by atoms with E-state index in [1.165, 1.54) is 32.1 Å². The van der Waals surface area contributed by atoms with Gasteiger partial charge in [0.15, 0.2) is 0 Å². The highest BCUT2D eigenvalue weighted by Crippen LogP contribution is 2.59. The van der Waals surface area contributed by atoms with Gasteiger partial charge in [0.1, 0.15) is 0 Å². The van der Waals surface area contributed by atoms with Crippen LogP contribution in [0.15, 0.2) is 0 Å². The largest absolute Gasteiger partial charge is 0.481 e. The van der Waals surface area contributed by atoms with Gasteiger partial charge in [0, 0.05) is 0 Å². The van der Waals surface area contributed by atoms with Crippen LogP contribution >= 0.6 is 0 Å². The number of carbonyl (C=O) groups is 1. The molecular weight excluding hydrogens is 214 g/mol. The summed E-state index contributed by atoms with van der Waals surface area (Å²) in [6.45, 7) is 2.19.